The Morgan fingerprint density at radius 1 is 1.44 bits per heavy atom. The van der Waals surface area contributed by atoms with E-state index in [9.17, 15) is 0 Å². The van der Waals surface area contributed by atoms with E-state index in [1.54, 1.807) is 7.11 Å². The van der Waals surface area contributed by atoms with E-state index in [1.165, 1.54) is 0 Å². The summed E-state index contributed by atoms with van der Waals surface area (Å²) in [5.74, 6) is 1.13. The lowest BCUT2D eigenvalue weighted by molar-refractivity contribution is 0.415. The molecule has 1 unspecified atom stereocenters. The second kappa shape index (κ2) is 5.39. The van der Waals surface area contributed by atoms with Crippen molar-refractivity contribution in [3.8, 4) is 5.75 Å². The number of nitrogens with two attached hydrogens (primary N) is 1. The van der Waals surface area contributed by atoms with E-state index in [1.807, 2.05) is 38.2 Å². The summed E-state index contributed by atoms with van der Waals surface area (Å²) in [4.78, 5) is 2.07. The van der Waals surface area contributed by atoms with E-state index in [-0.39, 0.29) is 11.8 Å². The fourth-order valence-corrected chi connectivity index (χ4v) is 1.45. The highest BCUT2D eigenvalue weighted by molar-refractivity contribution is 5.79. The number of hydrogen-bond donors (Lipinski definition) is 2. The van der Waals surface area contributed by atoms with Gasteiger partial charge in [0, 0.05) is 25.2 Å². The van der Waals surface area contributed by atoms with Crippen LogP contribution in [0, 0.1) is 11.3 Å². The summed E-state index contributed by atoms with van der Waals surface area (Å²) in [5.41, 5.74) is 6.54. The van der Waals surface area contributed by atoms with Crippen molar-refractivity contribution in [2.75, 3.05) is 25.6 Å². The molecule has 0 saturated carbocycles. The molecule has 0 radical (unpaired) electrons. The molecule has 0 saturated heterocycles. The molecule has 1 aromatic carbocycles. The van der Waals surface area contributed by atoms with Gasteiger partial charge in [-0.15, -0.1) is 0 Å². The molecule has 0 spiro atoms. The summed E-state index contributed by atoms with van der Waals surface area (Å²) in [7, 11) is 3.64. The first-order valence-electron chi connectivity index (χ1n) is 5.23. The van der Waals surface area contributed by atoms with Gasteiger partial charge < -0.3 is 15.4 Å². The maximum absolute atomic E-state index is 7.35. The lowest BCUT2D eigenvalue weighted by Crippen LogP contribution is -2.31. The Hall–Kier alpha value is -1.71. The molecule has 0 fully saturated rings. The summed E-state index contributed by atoms with van der Waals surface area (Å²) in [6.45, 7) is 2.68. The van der Waals surface area contributed by atoms with Gasteiger partial charge in [0.15, 0.2) is 0 Å². The lowest BCUT2D eigenvalue weighted by atomic mass is 10.1. The second-order valence-electron chi connectivity index (χ2n) is 3.93. The molecule has 0 aliphatic heterocycles. The van der Waals surface area contributed by atoms with Gasteiger partial charge in [0.05, 0.1) is 12.9 Å². The highest BCUT2D eigenvalue weighted by Gasteiger charge is 2.09. The molecule has 3 N–H and O–H groups in total. The summed E-state index contributed by atoms with van der Waals surface area (Å²) >= 11 is 0. The Kier molecular flexibility index (Phi) is 4.17. The number of rotatable bonds is 5. The highest BCUT2D eigenvalue weighted by atomic mass is 16.5. The van der Waals surface area contributed by atoms with Crippen molar-refractivity contribution in [2.24, 2.45) is 11.7 Å². The van der Waals surface area contributed by atoms with E-state index in [4.69, 9.17) is 15.9 Å². The van der Waals surface area contributed by atoms with Gasteiger partial charge in [0.2, 0.25) is 0 Å². The summed E-state index contributed by atoms with van der Waals surface area (Å²) in [6.07, 6.45) is 0. The maximum atomic E-state index is 7.35. The zero-order valence-electron chi connectivity index (χ0n) is 10.0. The first kappa shape index (κ1) is 12.4. The van der Waals surface area contributed by atoms with Gasteiger partial charge >= 0.3 is 0 Å². The summed E-state index contributed by atoms with van der Waals surface area (Å²) < 4.78 is 5.10. The van der Waals surface area contributed by atoms with Crippen LogP contribution >= 0.6 is 0 Å². The molecule has 0 amide bonds. The van der Waals surface area contributed by atoms with Crippen molar-refractivity contribution in [1.29, 1.82) is 5.41 Å². The average molecular weight is 221 g/mol. The SMILES string of the molecule is COc1ccc(N(C)CC(C)C(=N)N)cc1. The van der Waals surface area contributed by atoms with Crippen molar-refractivity contribution < 1.29 is 4.74 Å². The van der Waals surface area contributed by atoms with Crippen LogP contribution in [0.3, 0.4) is 0 Å². The number of ether oxygens (including phenoxy) is 1. The summed E-state index contributed by atoms with van der Waals surface area (Å²) in [5, 5.41) is 7.35. The smallest absolute Gasteiger partial charge is 0.119 e. The number of methoxy groups -OCH3 is 1. The van der Waals surface area contributed by atoms with E-state index in [0.717, 1.165) is 18.0 Å². The van der Waals surface area contributed by atoms with Gasteiger partial charge in [0.25, 0.3) is 0 Å². The molecule has 16 heavy (non-hydrogen) atoms. The first-order valence-corrected chi connectivity index (χ1v) is 5.23. The Labute approximate surface area is 96.5 Å². The van der Waals surface area contributed by atoms with Gasteiger partial charge in [-0.3, -0.25) is 5.41 Å². The zero-order valence-corrected chi connectivity index (χ0v) is 10.0. The molecule has 0 aliphatic carbocycles. The lowest BCUT2D eigenvalue weighted by Gasteiger charge is -2.22. The quantitative estimate of drug-likeness (QED) is 0.587. The van der Waals surface area contributed by atoms with Gasteiger partial charge in [0.1, 0.15) is 5.75 Å². The number of anilines is 1. The van der Waals surface area contributed by atoms with Crippen molar-refractivity contribution in [1.82, 2.24) is 0 Å². The third-order valence-corrected chi connectivity index (χ3v) is 2.59. The second-order valence-corrected chi connectivity index (χ2v) is 3.93. The number of benzene rings is 1. The van der Waals surface area contributed by atoms with E-state index >= 15 is 0 Å². The molecule has 4 heteroatoms. The average Bonchev–Trinajstić information content (AvgIpc) is 2.28. The van der Waals surface area contributed by atoms with E-state index in [2.05, 4.69) is 4.90 Å². The molecule has 0 aromatic heterocycles. The van der Waals surface area contributed by atoms with Crippen molar-refractivity contribution in [2.45, 2.75) is 6.92 Å². The molecule has 4 nitrogen and oxygen atoms in total. The normalized spacial score (nSPS) is 11.9. The summed E-state index contributed by atoms with van der Waals surface area (Å²) in [6, 6.07) is 7.83. The number of nitrogens with zero attached hydrogens (tertiary/aromatic N) is 1. The predicted molar refractivity (Wildman–Crippen MR) is 67.3 cm³/mol. The Morgan fingerprint density at radius 2 is 2.00 bits per heavy atom. The third-order valence-electron chi connectivity index (χ3n) is 2.59. The molecule has 0 bridgehead atoms. The van der Waals surface area contributed by atoms with Crippen LogP contribution in [0.4, 0.5) is 5.69 Å². The van der Waals surface area contributed by atoms with Crippen LogP contribution in [0.1, 0.15) is 6.92 Å². The Balaban J connectivity index is 2.65. The Bertz CT molecular complexity index is 348. The highest BCUT2D eigenvalue weighted by Crippen LogP contribution is 2.18. The fourth-order valence-electron chi connectivity index (χ4n) is 1.45. The van der Waals surface area contributed by atoms with Crippen LogP contribution in [-0.4, -0.2) is 26.5 Å². The van der Waals surface area contributed by atoms with Crippen molar-refractivity contribution in [3.05, 3.63) is 24.3 Å². The molecule has 0 heterocycles. The van der Waals surface area contributed by atoms with Crippen LogP contribution < -0.4 is 15.4 Å². The van der Waals surface area contributed by atoms with Crippen molar-refractivity contribution >= 4 is 11.5 Å². The minimum absolute atomic E-state index is 0.0621. The largest absolute Gasteiger partial charge is 0.497 e. The molecule has 88 valence electrons. The number of nitrogens with one attached hydrogen (secondary N) is 1. The maximum Gasteiger partial charge on any atom is 0.119 e. The number of amidine groups is 1. The van der Waals surface area contributed by atoms with Gasteiger partial charge in [-0.2, -0.15) is 0 Å². The molecule has 1 aromatic rings. The standard InChI is InChI=1S/C12H19N3O/c1-9(12(13)14)8-15(2)10-4-6-11(16-3)7-5-10/h4-7,9H,8H2,1-3H3,(H3,13,14). The molecule has 1 rings (SSSR count). The van der Waals surface area contributed by atoms with Gasteiger partial charge in [-0.05, 0) is 24.3 Å². The van der Waals surface area contributed by atoms with Crippen molar-refractivity contribution in [3.63, 3.8) is 0 Å². The third kappa shape index (κ3) is 3.15. The molecular formula is C12H19N3O. The van der Waals surface area contributed by atoms with Crippen LogP contribution in [-0.2, 0) is 0 Å². The first-order chi connectivity index (χ1) is 7.54. The van der Waals surface area contributed by atoms with Crippen LogP contribution in [0.5, 0.6) is 5.75 Å². The minimum Gasteiger partial charge on any atom is -0.497 e. The number of hydrogen-bond acceptors (Lipinski definition) is 3. The predicted octanol–water partition coefficient (Wildman–Crippen LogP) is 1.70. The van der Waals surface area contributed by atoms with Crippen LogP contribution in [0.25, 0.3) is 0 Å². The molecule has 0 aliphatic rings. The molecule has 1 atom stereocenters. The monoisotopic (exact) mass is 221 g/mol. The van der Waals surface area contributed by atoms with E-state index < -0.39 is 0 Å². The zero-order chi connectivity index (χ0) is 12.1. The van der Waals surface area contributed by atoms with Gasteiger partial charge in [-0.1, -0.05) is 6.92 Å². The van der Waals surface area contributed by atoms with E-state index in [0.29, 0.717) is 0 Å². The topological polar surface area (TPSA) is 62.3 Å². The fraction of sp³-hybridized carbons (Fsp3) is 0.417. The Morgan fingerprint density at radius 3 is 2.44 bits per heavy atom. The van der Waals surface area contributed by atoms with Gasteiger partial charge in [-0.25, -0.2) is 0 Å². The molecular weight excluding hydrogens is 202 g/mol. The van der Waals surface area contributed by atoms with Crippen LogP contribution in [0.15, 0.2) is 24.3 Å². The minimum atomic E-state index is 0.0621. The van der Waals surface area contributed by atoms with Crippen LogP contribution in [0.2, 0.25) is 0 Å².